The van der Waals surface area contributed by atoms with Crippen LogP contribution in [0.1, 0.15) is 41.5 Å². The van der Waals surface area contributed by atoms with Gasteiger partial charge in [-0.1, -0.05) is 41.5 Å². The third kappa shape index (κ3) is 1.96. The molecule has 0 radical (unpaired) electrons. The first-order chi connectivity index (χ1) is 6.21. The Bertz CT molecular complexity index is 175. The molecule has 1 fully saturated rings. The van der Waals surface area contributed by atoms with E-state index in [4.69, 9.17) is 0 Å². The van der Waals surface area contributed by atoms with Crippen molar-refractivity contribution in [3.05, 3.63) is 0 Å². The van der Waals surface area contributed by atoms with Crippen LogP contribution in [0.25, 0.3) is 0 Å². The van der Waals surface area contributed by atoms with Crippen molar-refractivity contribution in [2.45, 2.75) is 46.3 Å². The van der Waals surface area contributed by atoms with E-state index in [1.54, 1.807) is 0 Å². The van der Waals surface area contributed by atoms with E-state index in [-0.39, 0.29) is 0 Å². The zero-order chi connectivity index (χ0) is 11.0. The van der Waals surface area contributed by atoms with E-state index < -0.39 is 0 Å². The van der Waals surface area contributed by atoms with E-state index in [9.17, 15) is 0 Å². The summed E-state index contributed by atoms with van der Waals surface area (Å²) in [5.74, 6) is 1.24. The predicted molar refractivity (Wildman–Crippen MR) is 67.0 cm³/mol. The van der Waals surface area contributed by atoms with Gasteiger partial charge >= 0.3 is 0 Å². The van der Waals surface area contributed by atoms with E-state index in [0.717, 1.165) is 6.54 Å². The van der Waals surface area contributed by atoms with Crippen LogP contribution in [0.4, 0.5) is 0 Å². The van der Waals surface area contributed by atoms with Crippen LogP contribution >= 0.6 is 11.8 Å². The second-order valence-electron chi connectivity index (χ2n) is 6.35. The lowest BCUT2D eigenvalue weighted by Gasteiger charge is -2.55. The van der Waals surface area contributed by atoms with E-state index >= 15 is 0 Å². The van der Waals surface area contributed by atoms with Crippen molar-refractivity contribution in [1.29, 1.82) is 0 Å². The summed E-state index contributed by atoms with van der Waals surface area (Å²) in [4.78, 5) is 0. The van der Waals surface area contributed by atoms with Crippen molar-refractivity contribution < 1.29 is 0 Å². The number of rotatable bonds is 0. The van der Waals surface area contributed by atoms with Gasteiger partial charge in [0, 0.05) is 23.6 Å². The molecule has 0 aromatic heterocycles. The monoisotopic (exact) mass is 215 g/mol. The molecule has 1 aliphatic heterocycles. The predicted octanol–water partition coefficient (Wildman–Crippen LogP) is 3.15. The minimum atomic E-state index is 0.351. The van der Waals surface area contributed by atoms with E-state index in [0.29, 0.717) is 15.6 Å². The smallest absolute Gasteiger partial charge is 0.0381 e. The first-order valence-corrected chi connectivity index (χ1v) is 6.54. The van der Waals surface area contributed by atoms with Crippen LogP contribution in [0.3, 0.4) is 0 Å². The molecule has 0 saturated carbocycles. The summed E-state index contributed by atoms with van der Waals surface area (Å²) in [6.07, 6.45) is 0. The van der Waals surface area contributed by atoms with Gasteiger partial charge in [0.05, 0.1) is 0 Å². The van der Waals surface area contributed by atoms with Crippen molar-refractivity contribution in [2.75, 3.05) is 18.8 Å². The molecule has 1 nitrogen and oxygen atoms in total. The highest BCUT2D eigenvalue weighted by molar-refractivity contribution is 8.00. The van der Waals surface area contributed by atoms with Crippen molar-refractivity contribution in [1.82, 2.24) is 5.32 Å². The molecule has 0 unspecified atom stereocenters. The summed E-state index contributed by atoms with van der Waals surface area (Å²) in [5, 5.41) is 3.57. The summed E-state index contributed by atoms with van der Waals surface area (Å²) in [5.41, 5.74) is 0.701. The average molecular weight is 215 g/mol. The van der Waals surface area contributed by atoms with E-state index in [1.165, 1.54) is 12.3 Å². The molecule has 2 heteroatoms. The van der Waals surface area contributed by atoms with Gasteiger partial charge < -0.3 is 5.32 Å². The number of hydrogen-bond donors (Lipinski definition) is 1. The van der Waals surface area contributed by atoms with E-state index in [1.807, 2.05) is 0 Å². The molecule has 0 aromatic carbocycles. The van der Waals surface area contributed by atoms with Crippen molar-refractivity contribution >= 4 is 11.8 Å². The topological polar surface area (TPSA) is 12.0 Å². The van der Waals surface area contributed by atoms with E-state index in [2.05, 4.69) is 58.6 Å². The second kappa shape index (κ2) is 3.71. The van der Waals surface area contributed by atoms with Crippen molar-refractivity contribution in [3.8, 4) is 0 Å². The first-order valence-electron chi connectivity index (χ1n) is 5.55. The number of hydrogen-bond acceptors (Lipinski definition) is 2. The minimum Gasteiger partial charge on any atom is -0.314 e. The molecule has 1 rings (SSSR count). The molecule has 0 amide bonds. The lowest BCUT2D eigenvalue weighted by molar-refractivity contribution is 0.135. The zero-order valence-corrected chi connectivity index (χ0v) is 11.3. The van der Waals surface area contributed by atoms with Crippen molar-refractivity contribution in [3.63, 3.8) is 0 Å². The standard InChI is InChI=1S/C12H25NS/c1-10(2,3)12(11(4,5)6)9-13-7-8-14-12/h13H,7-9H2,1-6H3. The number of thioether (sulfide) groups is 1. The summed E-state index contributed by atoms with van der Waals surface area (Å²) in [7, 11) is 0. The highest BCUT2D eigenvalue weighted by Crippen LogP contribution is 2.53. The zero-order valence-electron chi connectivity index (χ0n) is 10.5. The number of nitrogens with one attached hydrogen (secondary N) is 1. The molecule has 0 spiro atoms. The van der Waals surface area contributed by atoms with Crippen LogP contribution in [-0.2, 0) is 0 Å². The van der Waals surface area contributed by atoms with Gasteiger partial charge in [-0.2, -0.15) is 11.8 Å². The lowest BCUT2D eigenvalue weighted by Crippen LogP contribution is -2.59. The Labute approximate surface area is 93.4 Å². The van der Waals surface area contributed by atoms with Gasteiger partial charge in [0.15, 0.2) is 0 Å². The van der Waals surface area contributed by atoms with Crippen molar-refractivity contribution in [2.24, 2.45) is 10.8 Å². The maximum atomic E-state index is 3.57. The van der Waals surface area contributed by atoms with Crippen LogP contribution in [0.2, 0.25) is 0 Å². The molecule has 0 aromatic rings. The second-order valence-corrected chi connectivity index (χ2v) is 7.75. The van der Waals surface area contributed by atoms with Gasteiger partial charge in [0.1, 0.15) is 0 Å². The SMILES string of the molecule is CC(C)(C)C1(C(C)(C)C)CNCCS1. The summed E-state index contributed by atoms with van der Waals surface area (Å²) in [6, 6.07) is 0. The molecule has 0 bridgehead atoms. The Morgan fingerprint density at radius 3 is 1.71 bits per heavy atom. The molecule has 1 saturated heterocycles. The molecular formula is C12H25NS. The Morgan fingerprint density at radius 1 is 1.00 bits per heavy atom. The third-order valence-electron chi connectivity index (χ3n) is 3.42. The van der Waals surface area contributed by atoms with Gasteiger partial charge in [0.2, 0.25) is 0 Å². The highest BCUT2D eigenvalue weighted by atomic mass is 32.2. The summed E-state index contributed by atoms with van der Waals surface area (Å²) >= 11 is 2.16. The third-order valence-corrected chi connectivity index (χ3v) is 5.69. The summed E-state index contributed by atoms with van der Waals surface area (Å²) < 4.78 is 0.359. The molecule has 0 atom stereocenters. The Balaban J connectivity index is 3.01. The first kappa shape index (κ1) is 12.4. The fourth-order valence-corrected chi connectivity index (χ4v) is 4.37. The van der Waals surface area contributed by atoms with Gasteiger partial charge in [-0.25, -0.2) is 0 Å². The molecule has 0 aliphatic carbocycles. The maximum absolute atomic E-state index is 3.57. The van der Waals surface area contributed by atoms with Crippen LogP contribution in [-0.4, -0.2) is 23.6 Å². The average Bonchev–Trinajstić information content (AvgIpc) is 2.02. The molecule has 84 valence electrons. The molecule has 1 heterocycles. The largest absolute Gasteiger partial charge is 0.314 e. The van der Waals surface area contributed by atoms with Crippen LogP contribution in [0, 0.1) is 10.8 Å². The minimum absolute atomic E-state index is 0.351. The lowest BCUT2D eigenvalue weighted by atomic mass is 9.65. The fraction of sp³-hybridized carbons (Fsp3) is 1.00. The normalized spacial score (nSPS) is 23.6. The van der Waals surface area contributed by atoms with Crippen LogP contribution in [0.15, 0.2) is 0 Å². The summed E-state index contributed by atoms with van der Waals surface area (Å²) in [6.45, 7) is 16.5. The van der Waals surface area contributed by atoms with Crippen LogP contribution < -0.4 is 5.32 Å². The van der Waals surface area contributed by atoms with Gasteiger partial charge in [-0.15, -0.1) is 0 Å². The van der Waals surface area contributed by atoms with Gasteiger partial charge in [0.25, 0.3) is 0 Å². The molecule has 1 aliphatic rings. The van der Waals surface area contributed by atoms with Gasteiger partial charge in [-0.05, 0) is 10.8 Å². The Kier molecular flexibility index (Phi) is 3.28. The highest BCUT2D eigenvalue weighted by Gasteiger charge is 2.51. The van der Waals surface area contributed by atoms with Crippen LogP contribution in [0.5, 0.6) is 0 Å². The Morgan fingerprint density at radius 2 is 1.50 bits per heavy atom. The molecule has 1 N–H and O–H groups in total. The Hall–Kier alpha value is 0.310. The fourth-order valence-electron chi connectivity index (χ4n) is 2.70. The van der Waals surface area contributed by atoms with Gasteiger partial charge in [-0.3, -0.25) is 0 Å². The quantitative estimate of drug-likeness (QED) is 0.666. The maximum Gasteiger partial charge on any atom is 0.0381 e. The molecular weight excluding hydrogens is 190 g/mol. The molecule has 14 heavy (non-hydrogen) atoms.